The number of H-pyrrole nitrogens is 1. The maximum atomic E-state index is 13.8. The second-order valence-corrected chi connectivity index (χ2v) is 8.90. The molecule has 0 saturated carbocycles. The Hall–Kier alpha value is -2.97. The molecule has 3 aromatic rings. The van der Waals surface area contributed by atoms with Gasteiger partial charge in [0.05, 0.1) is 46.2 Å². The summed E-state index contributed by atoms with van der Waals surface area (Å²) in [4.78, 5) is 32.7. The monoisotopic (exact) mass is 490 g/mol. The van der Waals surface area contributed by atoms with E-state index in [1.807, 2.05) is 11.9 Å². The summed E-state index contributed by atoms with van der Waals surface area (Å²) >= 11 is 13.5. The van der Waals surface area contributed by atoms with Crippen molar-refractivity contribution in [1.82, 2.24) is 15.0 Å². The third-order valence-electron chi connectivity index (χ3n) is 5.88. The fourth-order valence-corrected chi connectivity index (χ4v) is 4.90. The van der Waals surface area contributed by atoms with Crippen LogP contribution in [0.25, 0.3) is 11.1 Å². The van der Waals surface area contributed by atoms with Crippen LogP contribution < -0.4 is 15.2 Å². The highest BCUT2D eigenvalue weighted by atomic mass is 35.5. The SMILES string of the molecule is COc1cc(C)[nH]c(=O)c1CN1CCN(C)c2c(Cl)cc(-c3c(C)noc3C)c(Cl)c2C1=O. The van der Waals surface area contributed by atoms with Gasteiger partial charge in [0.15, 0.2) is 0 Å². The smallest absolute Gasteiger partial charge is 0.257 e. The number of nitrogens with one attached hydrogen (secondary N) is 1. The number of anilines is 1. The number of hydrogen-bond donors (Lipinski definition) is 1. The van der Waals surface area contributed by atoms with Crippen LogP contribution in [0, 0.1) is 20.8 Å². The number of amides is 1. The lowest BCUT2D eigenvalue weighted by atomic mass is 9.99. The number of ether oxygens (including phenoxy) is 1. The van der Waals surface area contributed by atoms with Gasteiger partial charge in [0.1, 0.15) is 11.5 Å². The van der Waals surface area contributed by atoms with Gasteiger partial charge in [-0.2, -0.15) is 0 Å². The number of benzene rings is 1. The van der Waals surface area contributed by atoms with Gasteiger partial charge in [0, 0.05) is 37.0 Å². The summed E-state index contributed by atoms with van der Waals surface area (Å²) < 4.78 is 10.7. The Morgan fingerprint density at radius 3 is 2.52 bits per heavy atom. The number of hydrogen-bond acceptors (Lipinski definition) is 6. The van der Waals surface area contributed by atoms with Gasteiger partial charge in [-0.3, -0.25) is 9.59 Å². The van der Waals surface area contributed by atoms with E-state index in [9.17, 15) is 9.59 Å². The van der Waals surface area contributed by atoms with Crippen molar-refractivity contribution >= 4 is 34.8 Å². The first kappa shape index (κ1) is 23.2. The Morgan fingerprint density at radius 2 is 1.88 bits per heavy atom. The predicted octanol–water partition coefficient (Wildman–Crippen LogP) is 4.36. The van der Waals surface area contributed by atoms with E-state index in [-0.39, 0.29) is 28.6 Å². The zero-order valence-corrected chi connectivity index (χ0v) is 20.5. The van der Waals surface area contributed by atoms with E-state index in [0.29, 0.717) is 63.4 Å². The number of pyridine rings is 1. The van der Waals surface area contributed by atoms with Crippen LogP contribution in [0.1, 0.15) is 33.1 Å². The molecule has 0 saturated heterocycles. The number of methoxy groups -OCH3 is 1. The Labute approximate surface area is 201 Å². The minimum atomic E-state index is -0.322. The van der Waals surface area contributed by atoms with Crippen LogP contribution in [-0.2, 0) is 6.54 Å². The Bertz CT molecular complexity index is 1300. The standard InChI is InChI=1S/C23H24Cl2N4O4/c1-11-8-17(32-5)15(22(30)26-11)10-29-7-6-28(4)21-16(24)9-14(20(25)19(21)23(29)31)18-12(2)27-33-13(18)3/h8-9H,6-7,10H2,1-5H3,(H,26,30). The molecule has 0 bridgehead atoms. The van der Waals surface area contributed by atoms with Gasteiger partial charge < -0.3 is 24.0 Å². The molecule has 0 spiro atoms. The third-order valence-corrected chi connectivity index (χ3v) is 6.56. The molecule has 1 aromatic carbocycles. The number of likely N-dealkylation sites (N-methyl/N-ethyl adjacent to an activating group) is 1. The van der Waals surface area contributed by atoms with E-state index in [1.54, 1.807) is 37.8 Å². The van der Waals surface area contributed by atoms with Crippen LogP contribution in [0.4, 0.5) is 5.69 Å². The highest BCUT2D eigenvalue weighted by molar-refractivity contribution is 6.41. The lowest BCUT2D eigenvalue weighted by molar-refractivity contribution is 0.0753. The van der Waals surface area contributed by atoms with Crippen molar-refractivity contribution in [2.45, 2.75) is 27.3 Å². The van der Waals surface area contributed by atoms with Gasteiger partial charge in [0.2, 0.25) is 0 Å². The fraction of sp³-hybridized carbons (Fsp3) is 0.348. The Balaban J connectivity index is 1.86. The summed E-state index contributed by atoms with van der Waals surface area (Å²) in [5, 5.41) is 4.66. The number of halogens is 2. The van der Waals surface area contributed by atoms with E-state index in [4.69, 9.17) is 32.5 Å². The molecule has 1 amide bonds. The van der Waals surface area contributed by atoms with Crippen LogP contribution in [0.3, 0.4) is 0 Å². The molecule has 8 nitrogen and oxygen atoms in total. The maximum Gasteiger partial charge on any atom is 0.257 e. The number of fused-ring (bicyclic) bond motifs is 1. The molecule has 3 heterocycles. The lowest BCUT2D eigenvalue weighted by Gasteiger charge is -2.22. The first-order valence-corrected chi connectivity index (χ1v) is 11.1. The third kappa shape index (κ3) is 3.98. The summed E-state index contributed by atoms with van der Waals surface area (Å²) in [7, 11) is 3.35. The van der Waals surface area contributed by atoms with E-state index in [2.05, 4.69) is 10.1 Å². The molecule has 0 fully saturated rings. The number of carbonyl (C=O) groups is 1. The van der Waals surface area contributed by atoms with E-state index >= 15 is 0 Å². The first-order valence-electron chi connectivity index (χ1n) is 10.4. The van der Waals surface area contributed by atoms with Crippen molar-refractivity contribution in [1.29, 1.82) is 0 Å². The van der Waals surface area contributed by atoms with Crippen LogP contribution in [0.5, 0.6) is 5.75 Å². The van der Waals surface area contributed by atoms with Crippen molar-refractivity contribution in [2.24, 2.45) is 0 Å². The minimum absolute atomic E-state index is 0.0639. The largest absolute Gasteiger partial charge is 0.496 e. The highest BCUT2D eigenvalue weighted by Gasteiger charge is 2.33. The second-order valence-electron chi connectivity index (χ2n) is 8.12. The van der Waals surface area contributed by atoms with Gasteiger partial charge in [-0.1, -0.05) is 28.4 Å². The van der Waals surface area contributed by atoms with Gasteiger partial charge >= 0.3 is 0 Å². The number of nitrogens with zero attached hydrogens (tertiary/aromatic N) is 3. The zero-order valence-electron chi connectivity index (χ0n) is 19.0. The van der Waals surface area contributed by atoms with E-state index in [0.717, 1.165) is 0 Å². The molecule has 1 aliphatic heterocycles. The minimum Gasteiger partial charge on any atom is -0.496 e. The molecule has 33 heavy (non-hydrogen) atoms. The second kappa shape index (κ2) is 8.76. The molecule has 1 aliphatic rings. The lowest BCUT2D eigenvalue weighted by Crippen LogP contribution is -2.35. The summed E-state index contributed by atoms with van der Waals surface area (Å²) in [6.07, 6.45) is 0. The number of aromatic amines is 1. The molecule has 0 aliphatic carbocycles. The quantitative estimate of drug-likeness (QED) is 0.583. The van der Waals surface area contributed by atoms with Gasteiger partial charge in [0.25, 0.3) is 11.5 Å². The van der Waals surface area contributed by atoms with Crippen molar-refractivity contribution in [2.75, 3.05) is 32.1 Å². The predicted molar refractivity (Wildman–Crippen MR) is 128 cm³/mol. The van der Waals surface area contributed by atoms with Crippen molar-refractivity contribution < 1.29 is 14.1 Å². The number of aryl methyl sites for hydroxylation is 3. The Morgan fingerprint density at radius 1 is 1.15 bits per heavy atom. The summed E-state index contributed by atoms with van der Waals surface area (Å²) in [6.45, 7) is 6.29. The topological polar surface area (TPSA) is 91.7 Å². The van der Waals surface area contributed by atoms with Crippen molar-refractivity contribution in [3.8, 4) is 16.9 Å². The van der Waals surface area contributed by atoms with Gasteiger partial charge in [-0.25, -0.2) is 0 Å². The van der Waals surface area contributed by atoms with E-state index < -0.39 is 0 Å². The molecule has 10 heteroatoms. The number of aromatic nitrogens is 2. The molecule has 4 rings (SSSR count). The average molecular weight is 491 g/mol. The van der Waals surface area contributed by atoms with Crippen LogP contribution in [0.2, 0.25) is 10.0 Å². The molecular weight excluding hydrogens is 467 g/mol. The molecule has 0 radical (unpaired) electrons. The van der Waals surface area contributed by atoms with Crippen LogP contribution in [0.15, 0.2) is 21.5 Å². The van der Waals surface area contributed by atoms with Crippen molar-refractivity contribution in [3.63, 3.8) is 0 Å². The molecular formula is C23H24Cl2N4O4. The molecule has 2 aromatic heterocycles. The number of carbonyl (C=O) groups excluding carboxylic acids is 1. The Kier molecular flexibility index (Phi) is 6.16. The maximum absolute atomic E-state index is 13.8. The van der Waals surface area contributed by atoms with Crippen LogP contribution in [-0.4, -0.2) is 48.2 Å². The normalized spacial score (nSPS) is 13.8. The molecule has 0 unspecified atom stereocenters. The van der Waals surface area contributed by atoms with Gasteiger partial charge in [-0.15, -0.1) is 0 Å². The summed E-state index contributed by atoms with van der Waals surface area (Å²) in [5.41, 5.74) is 3.49. The highest BCUT2D eigenvalue weighted by Crippen LogP contribution is 2.44. The average Bonchev–Trinajstić information content (AvgIpc) is 3.03. The summed E-state index contributed by atoms with van der Waals surface area (Å²) in [5.74, 6) is 0.681. The molecule has 1 N–H and O–H groups in total. The number of rotatable bonds is 4. The van der Waals surface area contributed by atoms with Crippen LogP contribution >= 0.6 is 23.2 Å². The molecule has 174 valence electrons. The first-order chi connectivity index (χ1) is 15.6. The van der Waals surface area contributed by atoms with Crippen molar-refractivity contribution in [3.05, 3.63) is 60.8 Å². The fourth-order valence-electron chi connectivity index (χ4n) is 4.24. The molecule has 0 atom stereocenters. The van der Waals surface area contributed by atoms with Gasteiger partial charge in [-0.05, 0) is 32.9 Å². The summed E-state index contributed by atoms with van der Waals surface area (Å²) in [6, 6.07) is 3.47. The van der Waals surface area contributed by atoms with E-state index in [1.165, 1.54) is 7.11 Å². The zero-order chi connectivity index (χ0) is 24.0.